The van der Waals surface area contributed by atoms with Crippen LogP contribution < -0.4 is 18.9 Å². The molecule has 2 aliphatic rings. The molecule has 0 radical (unpaired) electrons. The Kier molecular flexibility index (Phi) is 5.32. The highest BCUT2D eigenvalue weighted by molar-refractivity contribution is 5.96. The zero-order valence-corrected chi connectivity index (χ0v) is 16.8. The van der Waals surface area contributed by atoms with Gasteiger partial charge in [-0.15, -0.1) is 0 Å². The minimum absolute atomic E-state index is 0.142. The minimum Gasteiger partial charge on any atom is -0.492 e. The van der Waals surface area contributed by atoms with Crippen molar-refractivity contribution in [1.82, 2.24) is 4.90 Å². The van der Waals surface area contributed by atoms with E-state index in [0.29, 0.717) is 29.4 Å². The first-order valence-corrected chi connectivity index (χ1v) is 9.68. The van der Waals surface area contributed by atoms with Gasteiger partial charge in [0.05, 0.1) is 13.7 Å². The Balaban J connectivity index is 1.66. The fourth-order valence-electron chi connectivity index (χ4n) is 4.02. The van der Waals surface area contributed by atoms with Crippen LogP contribution in [-0.2, 0) is 6.42 Å². The molecular formula is C22H24FNO5. The predicted octanol–water partition coefficient (Wildman–Crippen LogP) is 3.76. The lowest BCUT2D eigenvalue weighted by atomic mass is 9.87. The number of nitrogens with zero attached hydrogens (tertiary/aromatic N) is 1. The van der Waals surface area contributed by atoms with Gasteiger partial charge in [-0.05, 0) is 50.2 Å². The second-order valence-electron chi connectivity index (χ2n) is 7.17. The molecule has 6 nitrogen and oxygen atoms in total. The highest BCUT2D eigenvalue weighted by atomic mass is 19.1. The van der Waals surface area contributed by atoms with Crippen LogP contribution in [0, 0.1) is 5.82 Å². The topological polar surface area (TPSA) is 57.2 Å². The summed E-state index contributed by atoms with van der Waals surface area (Å²) < 4.78 is 36.2. The van der Waals surface area contributed by atoms with Crippen LogP contribution in [0.25, 0.3) is 0 Å². The van der Waals surface area contributed by atoms with Gasteiger partial charge < -0.3 is 18.9 Å². The first-order valence-electron chi connectivity index (χ1n) is 9.68. The van der Waals surface area contributed by atoms with Crippen LogP contribution in [-0.4, -0.2) is 44.8 Å². The lowest BCUT2D eigenvalue weighted by Gasteiger charge is -2.35. The molecular weight excluding hydrogens is 377 g/mol. The van der Waals surface area contributed by atoms with Gasteiger partial charge in [-0.1, -0.05) is 0 Å². The van der Waals surface area contributed by atoms with E-state index in [1.165, 1.54) is 12.1 Å². The number of ether oxygens (including phenoxy) is 4. The van der Waals surface area contributed by atoms with Gasteiger partial charge in [0, 0.05) is 30.1 Å². The van der Waals surface area contributed by atoms with E-state index in [4.69, 9.17) is 18.9 Å². The average Bonchev–Trinajstić information content (AvgIpc) is 3.18. The molecule has 0 aromatic heterocycles. The molecule has 0 aliphatic carbocycles. The van der Waals surface area contributed by atoms with Crippen LogP contribution in [0.2, 0.25) is 0 Å². The summed E-state index contributed by atoms with van der Waals surface area (Å²) in [6.45, 7) is 3.10. The van der Waals surface area contributed by atoms with Gasteiger partial charge in [-0.2, -0.15) is 0 Å². The Hall–Kier alpha value is -2.80. The lowest BCUT2D eigenvalue weighted by molar-refractivity contribution is 0.0925. The standard InChI is InChI=1S/C22H24FNO5/c1-4-27-18-6-5-13(9-15(18)23)17(25)11-16-20-14(7-8-24(16)2)10-19-21(22(20)26-3)29-12-28-19/h5-6,9-10,16H,4,7-8,11-12H2,1-3H3. The molecule has 154 valence electrons. The van der Waals surface area contributed by atoms with E-state index in [1.807, 2.05) is 13.1 Å². The molecule has 29 heavy (non-hydrogen) atoms. The molecule has 1 unspecified atom stereocenters. The second kappa shape index (κ2) is 7.91. The molecule has 4 rings (SSSR count). The second-order valence-corrected chi connectivity index (χ2v) is 7.17. The van der Waals surface area contributed by atoms with Gasteiger partial charge in [0.2, 0.25) is 12.5 Å². The van der Waals surface area contributed by atoms with E-state index in [9.17, 15) is 9.18 Å². The Morgan fingerprint density at radius 1 is 1.31 bits per heavy atom. The highest BCUT2D eigenvalue weighted by Crippen LogP contribution is 2.50. The predicted molar refractivity (Wildman–Crippen MR) is 105 cm³/mol. The van der Waals surface area contributed by atoms with E-state index in [1.54, 1.807) is 20.1 Å². The number of hydrogen-bond acceptors (Lipinski definition) is 6. The lowest BCUT2D eigenvalue weighted by Crippen LogP contribution is -2.34. The third-order valence-electron chi connectivity index (χ3n) is 5.48. The Morgan fingerprint density at radius 2 is 2.14 bits per heavy atom. The minimum atomic E-state index is -0.531. The number of carbonyl (C=O) groups is 1. The average molecular weight is 401 g/mol. The number of Topliss-reactive ketones (excluding diaryl/α,β-unsaturated/α-hetero) is 1. The summed E-state index contributed by atoms with van der Waals surface area (Å²) in [5, 5.41) is 0. The molecule has 0 fully saturated rings. The number of hydrogen-bond donors (Lipinski definition) is 0. The van der Waals surface area contributed by atoms with E-state index in [0.717, 1.165) is 24.1 Å². The van der Waals surface area contributed by atoms with Crippen LogP contribution in [0.5, 0.6) is 23.0 Å². The Morgan fingerprint density at radius 3 is 2.86 bits per heavy atom. The molecule has 2 heterocycles. The van der Waals surface area contributed by atoms with Gasteiger partial charge >= 0.3 is 0 Å². The van der Waals surface area contributed by atoms with Crippen LogP contribution in [0.3, 0.4) is 0 Å². The Labute approximate surface area is 169 Å². The van der Waals surface area contributed by atoms with Gasteiger partial charge in [-0.25, -0.2) is 4.39 Å². The maximum absolute atomic E-state index is 14.2. The molecule has 2 aliphatic heterocycles. The van der Waals surface area contributed by atoms with Crippen molar-refractivity contribution in [3.63, 3.8) is 0 Å². The normalized spacial score (nSPS) is 17.7. The first-order chi connectivity index (χ1) is 14.0. The largest absolute Gasteiger partial charge is 0.492 e. The number of fused-ring (bicyclic) bond motifs is 2. The first kappa shape index (κ1) is 19.5. The summed E-state index contributed by atoms with van der Waals surface area (Å²) in [5.41, 5.74) is 2.34. The third-order valence-corrected chi connectivity index (χ3v) is 5.48. The van der Waals surface area contributed by atoms with Crippen LogP contribution in [0.15, 0.2) is 24.3 Å². The zero-order valence-electron chi connectivity index (χ0n) is 16.8. The molecule has 0 N–H and O–H groups in total. The SMILES string of the molecule is CCOc1ccc(C(=O)CC2c3c(cc4c(c3OC)OCO4)CCN2C)cc1F. The van der Waals surface area contributed by atoms with Crippen LogP contribution in [0.4, 0.5) is 4.39 Å². The van der Waals surface area contributed by atoms with Crippen molar-refractivity contribution in [2.75, 3.05) is 34.1 Å². The smallest absolute Gasteiger partial charge is 0.231 e. The molecule has 1 atom stereocenters. The van der Waals surface area contributed by atoms with Crippen molar-refractivity contribution in [1.29, 1.82) is 0 Å². The third kappa shape index (κ3) is 3.51. The Bertz CT molecular complexity index is 945. The van der Waals surface area contributed by atoms with E-state index >= 15 is 0 Å². The summed E-state index contributed by atoms with van der Waals surface area (Å²) >= 11 is 0. The number of methoxy groups -OCH3 is 1. The van der Waals surface area contributed by atoms with Gasteiger partial charge in [0.15, 0.2) is 28.8 Å². The van der Waals surface area contributed by atoms with Gasteiger partial charge in [0.1, 0.15) is 0 Å². The maximum atomic E-state index is 14.2. The molecule has 7 heteroatoms. The van der Waals surface area contributed by atoms with E-state index in [2.05, 4.69) is 4.90 Å². The molecule has 0 saturated carbocycles. The van der Waals surface area contributed by atoms with Gasteiger partial charge in [-0.3, -0.25) is 9.69 Å². The van der Waals surface area contributed by atoms with Crippen molar-refractivity contribution in [3.8, 4) is 23.0 Å². The van der Waals surface area contributed by atoms with E-state index < -0.39 is 5.82 Å². The van der Waals surface area contributed by atoms with Crippen molar-refractivity contribution in [2.24, 2.45) is 0 Å². The molecule has 0 amide bonds. The number of rotatable bonds is 6. The quantitative estimate of drug-likeness (QED) is 0.687. The zero-order chi connectivity index (χ0) is 20.5. The molecule has 2 aromatic carbocycles. The monoisotopic (exact) mass is 401 g/mol. The molecule has 2 aromatic rings. The summed E-state index contributed by atoms with van der Waals surface area (Å²) in [4.78, 5) is 15.1. The number of halogens is 1. The van der Waals surface area contributed by atoms with Crippen LogP contribution >= 0.6 is 0 Å². The van der Waals surface area contributed by atoms with Gasteiger partial charge in [0.25, 0.3) is 0 Å². The summed E-state index contributed by atoms with van der Waals surface area (Å²) in [7, 11) is 3.57. The fraction of sp³-hybridized carbons (Fsp3) is 0.409. The fourth-order valence-corrected chi connectivity index (χ4v) is 4.02. The summed E-state index contributed by atoms with van der Waals surface area (Å²) in [5.74, 6) is 1.33. The number of benzene rings is 2. The highest BCUT2D eigenvalue weighted by Gasteiger charge is 2.35. The van der Waals surface area contributed by atoms with Crippen molar-refractivity contribution >= 4 is 5.78 Å². The maximum Gasteiger partial charge on any atom is 0.231 e. The molecule has 0 bridgehead atoms. The van der Waals surface area contributed by atoms with Crippen molar-refractivity contribution in [2.45, 2.75) is 25.8 Å². The number of likely N-dealkylation sites (N-methyl/N-ethyl adjacent to an activating group) is 1. The molecule has 0 saturated heterocycles. The summed E-state index contributed by atoms with van der Waals surface area (Å²) in [6.07, 6.45) is 1.02. The number of carbonyl (C=O) groups excluding carboxylic acids is 1. The number of ketones is 1. The van der Waals surface area contributed by atoms with Crippen molar-refractivity contribution in [3.05, 3.63) is 46.8 Å². The van der Waals surface area contributed by atoms with Crippen LogP contribution in [0.1, 0.15) is 40.9 Å². The van der Waals surface area contributed by atoms with Crippen molar-refractivity contribution < 1.29 is 28.1 Å². The summed E-state index contributed by atoms with van der Waals surface area (Å²) in [6, 6.07) is 6.13. The molecule has 0 spiro atoms. The van der Waals surface area contributed by atoms with E-state index in [-0.39, 0.29) is 30.8 Å².